The molecule has 1 amide bonds. The molecular weight excluding hydrogens is 655 g/mol. The Labute approximate surface area is 331 Å². The first-order valence-electron chi connectivity index (χ1n) is 23.6. The van der Waals surface area contributed by atoms with E-state index in [1.165, 1.54) is 180 Å². The van der Waals surface area contributed by atoms with Crippen molar-refractivity contribution in [3.05, 3.63) is 24.3 Å². The number of hydrogen-bond acceptors (Lipinski definition) is 4. The summed E-state index contributed by atoms with van der Waals surface area (Å²) in [4.78, 5) is 12.4. The van der Waals surface area contributed by atoms with Gasteiger partial charge in [-0.15, -0.1) is 0 Å². The van der Waals surface area contributed by atoms with Crippen molar-refractivity contribution >= 4 is 5.91 Å². The third-order valence-corrected chi connectivity index (χ3v) is 11.0. The van der Waals surface area contributed by atoms with Crippen LogP contribution in [-0.4, -0.2) is 46.1 Å². The lowest BCUT2D eigenvalue weighted by atomic mass is 10.0. The van der Waals surface area contributed by atoms with Crippen molar-refractivity contribution in [3.8, 4) is 0 Å². The van der Waals surface area contributed by atoms with Crippen LogP contribution in [0.4, 0.5) is 0 Å². The van der Waals surface area contributed by atoms with Crippen molar-refractivity contribution in [2.75, 3.05) is 6.61 Å². The molecule has 0 rings (SSSR count). The zero-order chi connectivity index (χ0) is 38.7. The Morgan fingerprint density at radius 1 is 0.453 bits per heavy atom. The normalized spacial score (nSPS) is 13.7. The summed E-state index contributed by atoms with van der Waals surface area (Å²) < 4.78 is 0. The Balaban J connectivity index is 3.61. The molecule has 0 aliphatic carbocycles. The van der Waals surface area contributed by atoms with Gasteiger partial charge in [0.15, 0.2) is 0 Å². The van der Waals surface area contributed by atoms with Gasteiger partial charge >= 0.3 is 0 Å². The minimum atomic E-state index is -1.16. The first-order valence-corrected chi connectivity index (χ1v) is 23.6. The molecule has 0 aliphatic rings. The number of hydrogen-bond donors (Lipinski definition) is 4. The molecule has 4 N–H and O–H groups in total. The summed E-state index contributed by atoms with van der Waals surface area (Å²) >= 11 is 0. The number of amides is 1. The van der Waals surface area contributed by atoms with Gasteiger partial charge in [0.25, 0.3) is 0 Å². The van der Waals surface area contributed by atoms with Crippen molar-refractivity contribution in [3.63, 3.8) is 0 Å². The smallest absolute Gasteiger partial charge is 0.220 e. The molecule has 0 saturated carbocycles. The lowest BCUT2D eigenvalue weighted by Gasteiger charge is -2.26. The van der Waals surface area contributed by atoms with Gasteiger partial charge in [-0.05, 0) is 51.4 Å². The summed E-state index contributed by atoms with van der Waals surface area (Å²) in [5, 5.41) is 33.5. The number of carbonyl (C=O) groups excluding carboxylic acids is 1. The fourth-order valence-electron chi connectivity index (χ4n) is 7.36. The molecular formula is C48H93NO4. The number of carbonyl (C=O) groups is 1. The first kappa shape index (κ1) is 51.8. The molecule has 314 valence electrons. The summed E-state index contributed by atoms with van der Waals surface area (Å²) in [5.74, 6) is -0.154. The van der Waals surface area contributed by atoms with Crippen molar-refractivity contribution in [1.82, 2.24) is 5.32 Å². The van der Waals surface area contributed by atoms with Crippen LogP contribution in [0.15, 0.2) is 24.3 Å². The Bertz CT molecular complexity index is 784. The zero-order valence-electron chi connectivity index (χ0n) is 35.7. The average molecular weight is 748 g/mol. The van der Waals surface area contributed by atoms with E-state index in [2.05, 4.69) is 43.5 Å². The van der Waals surface area contributed by atoms with Crippen LogP contribution in [0, 0.1) is 0 Å². The van der Waals surface area contributed by atoms with E-state index < -0.39 is 18.2 Å². The van der Waals surface area contributed by atoms with Gasteiger partial charge in [-0.3, -0.25) is 4.79 Å². The summed E-state index contributed by atoms with van der Waals surface area (Å²) in [6.07, 6.45) is 53.0. The van der Waals surface area contributed by atoms with Crippen LogP contribution in [0.5, 0.6) is 0 Å². The van der Waals surface area contributed by atoms with Gasteiger partial charge in [-0.1, -0.05) is 218 Å². The van der Waals surface area contributed by atoms with Crippen LogP contribution in [0.1, 0.15) is 251 Å². The maximum absolute atomic E-state index is 12.4. The van der Waals surface area contributed by atoms with E-state index in [4.69, 9.17) is 0 Å². The van der Waals surface area contributed by atoms with Gasteiger partial charge in [-0.2, -0.15) is 0 Å². The van der Waals surface area contributed by atoms with Crippen LogP contribution >= 0.6 is 0 Å². The van der Waals surface area contributed by atoms with Gasteiger partial charge in [0.05, 0.1) is 18.8 Å². The van der Waals surface area contributed by atoms with Crippen LogP contribution < -0.4 is 5.32 Å². The molecule has 53 heavy (non-hydrogen) atoms. The van der Waals surface area contributed by atoms with E-state index in [0.29, 0.717) is 12.8 Å². The van der Waals surface area contributed by atoms with Crippen LogP contribution in [0.3, 0.4) is 0 Å². The molecule has 0 radical (unpaired) electrons. The largest absolute Gasteiger partial charge is 0.394 e. The molecule has 0 spiro atoms. The molecule has 3 atom stereocenters. The summed E-state index contributed by atoms with van der Waals surface area (Å²) in [7, 11) is 0. The highest BCUT2D eigenvalue weighted by Crippen LogP contribution is 2.16. The van der Waals surface area contributed by atoms with Gasteiger partial charge in [0, 0.05) is 6.42 Å². The maximum atomic E-state index is 12.4. The topological polar surface area (TPSA) is 89.8 Å². The molecule has 0 aromatic heterocycles. The quantitative estimate of drug-likeness (QED) is 0.0369. The highest BCUT2D eigenvalue weighted by atomic mass is 16.3. The van der Waals surface area contributed by atoms with Gasteiger partial charge in [-0.25, -0.2) is 0 Å². The van der Waals surface area contributed by atoms with E-state index in [1.807, 2.05) is 0 Å². The summed E-state index contributed by atoms with van der Waals surface area (Å²) in [6.45, 7) is 4.17. The Morgan fingerprint density at radius 2 is 0.774 bits per heavy atom. The third-order valence-electron chi connectivity index (χ3n) is 11.0. The first-order chi connectivity index (χ1) is 26.1. The molecule has 0 aromatic carbocycles. The average Bonchev–Trinajstić information content (AvgIpc) is 3.16. The highest BCUT2D eigenvalue weighted by molar-refractivity contribution is 5.76. The predicted molar refractivity (Wildman–Crippen MR) is 231 cm³/mol. The Hall–Kier alpha value is -1.17. The zero-order valence-corrected chi connectivity index (χ0v) is 35.7. The lowest BCUT2D eigenvalue weighted by Crippen LogP contribution is -2.50. The second-order valence-corrected chi connectivity index (χ2v) is 16.3. The number of allylic oxidation sites excluding steroid dienone is 4. The van der Waals surface area contributed by atoms with E-state index in [9.17, 15) is 20.1 Å². The molecule has 5 heteroatoms. The summed E-state index contributed by atoms with van der Waals surface area (Å²) in [5.41, 5.74) is 0. The molecule has 0 heterocycles. The van der Waals surface area contributed by atoms with Crippen molar-refractivity contribution in [1.29, 1.82) is 0 Å². The molecule has 0 aromatic rings. The SMILES string of the molecule is CCCCCCCCC/C=C/CC/C=C/CCCC(O)C(O)C(CO)NC(=O)CCCCCCCCCCCCCCCCCCCCCCCCC. The number of aliphatic hydroxyl groups excluding tert-OH is 3. The van der Waals surface area contributed by atoms with Crippen molar-refractivity contribution < 1.29 is 20.1 Å². The number of unbranched alkanes of at least 4 members (excludes halogenated alkanes) is 31. The molecule has 0 fully saturated rings. The third kappa shape index (κ3) is 38.9. The maximum Gasteiger partial charge on any atom is 0.220 e. The van der Waals surface area contributed by atoms with Crippen LogP contribution in [-0.2, 0) is 4.79 Å². The van der Waals surface area contributed by atoms with Crippen molar-refractivity contribution in [2.24, 2.45) is 0 Å². The standard InChI is InChI=1S/C48H93NO4/c1-3-5-7-9-11-13-15-17-19-21-22-23-24-25-26-27-29-31-33-35-37-39-41-43-47(52)49-45(44-50)48(53)46(51)42-40-38-36-34-32-30-28-20-18-16-14-12-10-8-6-4-2/h20,28,34,36,45-46,48,50-51,53H,3-19,21-27,29-33,35,37-44H2,1-2H3,(H,49,52)/b28-20+,36-34+. The predicted octanol–water partition coefficient (Wildman–Crippen LogP) is 13.8. The fourth-order valence-corrected chi connectivity index (χ4v) is 7.36. The van der Waals surface area contributed by atoms with Gasteiger partial charge < -0.3 is 20.6 Å². The number of nitrogens with one attached hydrogen (secondary N) is 1. The minimum absolute atomic E-state index is 0.154. The van der Waals surface area contributed by atoms with Crippen LogP contribution in [0.25, 0.3) is 0 Å². The lowest BCUT2D eigenvalue weighted by molar-refractivity contribution is -0.124. The molecule has 5 nitrogen and oxygen atoms in total. The Kier molecular flexibility index (Phi) is 42.6. The minimum Gasteiger partial charge on any atom is -0.394 e. The van der Waals surface area contributed by atoms with Gasteiger partial charge in [0.1, 0.15) is 6.10 Å². The Morgan fingerprint density at radius 3 is 1.15 bits per heavy atom. The highest BCUT2D eigenvalue weighted by Gasteiger charge is 2.26. The second kappa shape index (κ2) is 43.6. The monoisotopic (exact) mass is 748 g/mol. The second-order valence-electron chi connectivity index (χ2n) is 16.3. The number of rotatable bonds is 43. The van der Waals surface area contributed by atoms with Crippen molar-refractivity contribution in [2.45, 2.75) is 270 Å². The van der Waals surface area contributed by atoms with E-state index in [0.717, 1.165) is 44.9 Å². The summed E-state index contributed by atoms with van der Waals surface area (Å²) in [6, 6.07) is -0.828. The molecule has 0 bridgehead atoms. The van der Waals surface area contributed by atoms with E-state index in [-0.39, 0.29) is 12.5 Å². The van der Waals surface area contributed by atoms with E-state index in [1.54, 1.807) is 0 Å². The molecule has 0 aliphatic heterocycles. The van der Waals surface area contributed by atoms with Gasteiger partial charge in [0.2, 0.25) is 5.91 Å². The molecule has 0 saturated heterocycles. The number of aliphatic hydroxyl groups is 3. The molecule has 3 unspecified atom stereocenters. The fraction of sp³-hybridized carbons (Fsp3) is 0.896. The van der Waals surface area contributed by atoms with E-state index >= 15 is 0 Å². The van der Waals surface area contributed by atoms with Crippen LogP contribution in [0.2, 0.25) is 0 Å².